The quantitative estimate of drug-likeness (QED) is 0.769. The summed E-state index contributed by atoms with van der Waals surface area (Å²) in [6.45, 7) is 1.58. The molecule has 0 saturated carbocycles. The Morgan fingerprint density at radius 3 is 2.65 bits per heavy atom. The van der Waals surface area contributed by atoms with E-state index in [-0.39, 0.29) is 17.0 Å². The molecule has 0 aliphatic rings. The molecule has 0 fully saturated rings. The number of amides is 1. The van der Waals surface area contributed by atoms with Crippen LogP contribution in [0.25, 0.3) is 0 Å². The van der Waals surface area contributed by atoms with Crippen LogP contribution in [-0.4, -0.2) is 26.5 Å². The number of aryl methyl sites for hydroxylation is 1. The van der Waals surface area contributed by atoms with Gasteiger partial charge in [0.25, 0.3) is 0 Å². The zero-order chi connectivity index (χ0) is 17.1. The maximum absolute atomic E-state index is 12.2. The highest BCUT2D eigenvalue weighted by atomic mass is 79.9. The van der Waals surface area contributed by atoms with Gasteiger partial charge >= 0.3 is 5.97 Å². The largest absolute Gasteiger partial charge is 0.477 e. The maximum atomic E-state index is 12.2. The number of imidazole rings is 1. The standard InChI is InChI=1S/C14H12BrCl2N3O3/c1-2-9-12(13(22)23)20(14(15)19-9)6-11(21)18-10-4-3-7(16)5-8(10)17/h3-5H,2,6H2,1H3,(H,18,21)(H,22,23). The number of benzene rings is 1. The van der Waals surface area contributed by atoms with Crippen molar-refractivity contribution in [3.63, 3.8) is 0 Å². The van der Waals surface area contributed by atoms with E-state index in [1.165, 1.54) is 10.6 Å². The number of rotatable bonds is 5. The number of halogens is 3. The van der Waals surface area contributed by atoms with E-state index in [1.54, 1.807) is 19.1 Å². The van der Waals surface area contributed by atoms with Crippen LogP contribution in [0.3, 0.4) is 0 Å². The van der Waals surface area contributed by atoms with Gasteiger partial charge in [-0.2, -0.15) is 0 Å². The van der Waals surface area contributed by atoms with Crippen LogP contribution >= 0.6 is 39.1 Å². The third-order valence-corrected chi connectivity index (χ3v) is 4.19. The fraction of sp³-hybridized carbons (Fsp3) is 0.214. The number of anilines is 1. The number of hydrogen-bond acceptors (Lipinski definition) is 3. The molecule has 23 heavy (non-hydrogen) atoms. The van der Waals surface area contributed by atoms with Crippen LogP contribution in [0.2, 0.25) is 10.0 Å². The van der Waals surface area contributed by atoms with Gasteiger partial charge < -0.3 is 15.0 Å². The van der Waals surface area contributed by atoms with Crippen LogP contribution in [-0.2, 0) is 17.8 Å². The lowest BCUT2D eigenvalue weighted by atomic mass is 10.2. The molecule has 1 aromatic carbocycles. The van der Waals surface area contributed by atoms with E-state index in [0.29, 0.717) is 27.8 Å². The normalized spacial score (nSPS) is 10.6. The molecule has 6 nitrogen and oxygen atoms in total. The van der Waals surface area contributed by atoms with Crippen molar-refractivity contribution in [2.75, 3.05) is 5.32 Å². The van der Waals surface area contributed by atoms with Crippen molar-refractivity contribution in [3.05, 3.63) is 44.4 Å². The second kappa shape index (κ2) is 7.33. The summed E-state index contributed by atoms with van der Waals surface area (Å²) >= 11 is 15.0. The Balaban J connectivity index is 2.23. The number of aromatic carboxylic acids is 1. The molecule has 122 valence electrons. The highest BCUT2D eigenvalue weighted by molar-refractivity contribution is 9.10. The van der Waals surface area contributed by atoms with Crippen molar-refractivity contribution in [3.8, 4) is 0 Å². The second-order valence-corrected chi connectivity index (χ2v) is 6.15. The third kappa shape index (κ3) is 4.04. The monoisotopic (exact) mass is 419 g/mol. The van der Waals surface area contributed by atoms with E-state index < -0.39 is 11.9 Å². The zero-order valence-corrected chi connectivity index (χ0v) is 15.0. The maximum Gasteiger partial charge on any atom is 0.354 e. The highest BCUT2D eigenvalue weighted by Crippen LogP contribution is 2.25. The topological polar surface area (TPSA) is 84.2 Å². The van der Waals surface area contributed by atoms with Gasteiger partial charge in [-0.3, -0.25) is 4.79 Å². The molecule has 2 N–H and O–H groups in total. The molecule has 9 heteroatoms. The summed E-state index contributed by atoms with van der Waals surface area (Å²) in [5.74, 6) is -1.57. The molecule has 0 bridgehead atoms. The van der Waals surface area contributed by atoms with Gasteiger partial charge in [-0.1, -0.05) is 30.1 Å². The Bertz CT molecular complexity index is 777. The fourth-order valence-electron chi connectivity index (χ4n) is 2.03. The number of hydrogen-bond donors (Lipinski definition) is 2. The Morgan fingerprint density at radius 1 is 1.39 bits per heavy atom. The number of carbonyl (C=O) groups is 2. The van der Waals surface area contributed by atoms with E-state index in [9.17, 15) is 14.7 Å². The first-order valence-corrected chi connectivity index (χ1v) is 8.11. The molecule has 0 radical (unpaired) electrons. The molecule has 0 aliphatic carbocycles. The molecule has 1 amide bonds. The third-order valence-electron chi connectivity index (χ3n) is 3.04. The number of aromatic nitrogens is 2. The average molecular weight is 421 g/mol. The van der Waals surface area contributed by atoms with Crippen LogP contribution in [0.4, 0.5) is 5.69 Å². The first kappa shape index (κ1) is 17.8. The van der Waals surface area contributed by atoms with E-state index >= 15 is 0 Å². The summed E-state index contributed by atoms with van der Waals surface area (Å²) in [6, 6.07) is 4.67. The lowest BCUT2D eigenvalue weighted by molar-refractivity contribution is -0.116. The number of carboxylic acids is 1. The molecular formula is C14H12BrCl2N3O3. The average Bonchev–Trinajstić information content (AvgIpc) is 2.78. The molecule has 0 spiro atoms. The summed E-state index contributed by atoms with van der Waals surface area (Å²) in [4.78, 5) is 27.7. The van der Waals surface area contributed by atoms with E-state index in [4.69, 9.17) is 23.2 Å². The van der Waals surface area contributed by atoms with Crippen LogP contribution < -0.4 is 5.32 Å². The van der Waals surface area contributed by atoms with Gasteiger partial charge in [-0.05, 0) is 40.5 Å². The van der Waals surface area contributed by atoms with Crippen molar-refractivity contribution >= 4 is 56.7 Å². The second-order valence-electron chi connectivity index (χ2n) is 4.59. The van der Waals surface area contributed by atoms with Gasteiger partial charge in [-0.25, -0.2) is 9.78 Å². The summed E-state index contributed by atoms with van der Waals surface area (Å²) in [5, 5.41) is 12.7. The van der Waals surface area contributed by atoms with Gasteiger partial charge in [0.15, 0.2) is 10.4 Å². The van der Waals surface area contributed by atoms with Gasteiger partial charge in [0, 0.05) is 5.02 Å². The predicted molar refractivity (Wildman–Crippen MR) is 91.4 cm³/mol. The van der Waals surface area contributed by atoms with Crippen molar-refractivity contribution < 1.29 is 14.7 Å². The molecule has 2 rings (SSSR count). The summed E-state index contributed by atoms with van der Waals surface area (Å²) < 4.78 is 1.57. The fourth-order valence-corrected chi connectivity index (χ4v) is 3.00. The molecular weight excluding hydrogens is 409 g/mol. The van der Waals surface area contributed by atoms with Crippen molar-refractivity contribution in [1.29, 1.82) is 0 Å². The minimum Gasteiger partial charge on any atom is -0.477 e. The van der Waals surface area contributed by atoms with Crippen LogP contribution in [0.1, 0.15) is 23.1 Å². The van der Waals surface area contributed by atoms with Crippen molar-refractivity contribution in [2.45, 2.75) is 19.9 Å². The minimum atomic E-state index is -1.14. The molecule has 2 aromatic rings. The molecule has 0 unspecified atom stereocenters. The SMILES string of the molecule is CCc1nc(Br)n(CC(=O)Nc2ccc(Cl)cc2Cl)c1C(=O)O. The molecule has 0 aliphatic heterocycles. The van der Waals surface area contributed by atoms with Crippen LogP contribution in [0.15, 0.2) is 22.9 Å². The van der Waals surface area contributed by atoms with Crippen LogP contribution in [0.5, 0.6) is 0 Å². The minimum absolute atomic E-state index is 0.0169. The number of carbonyl (C=O) groups excluding carboxylic acids is 1. The number of nitrogens with one attached hydrogen (secondary N) is 1. The Morgan fingerprint density at radius 2 is 2.09 bits per heavy atom. The number of nitrogens with zero attached hydrogens (tertiary/aromatic N) is 2. The van der Waals surface area contributed by atoms with Crippen molar-refractivity contribution in [2.24, 2.45) is 0 Å². The predicted octanol–water partition coefficient (Wildman–Crippen LogP) is 3.85. The summed E-state index contributed by atoms with van der Waals surface area (Å²) in [7, 11) is 0. The Kier molecular flexibility index (Phi) is 5.67. The van der Waals surface area contributed by atoms with Gasteiger partial charge in [0.05, 0.1) is 16.4 Å². The smallest absolute Gasteiger partial charge is 0.354 e. The van der Waals surface area contributed by atoms with E-state index in [0.717, 1.165) is 0 Å². The highest BCUT2D eigenvalue weighted by Gasteiger charge is 2.22. The van der Waals surface area contributed by atoms with E-state index in [2.05, 4.69) is 26.2 Å². The summed E-state index contributed by atoms with van der Waals surface area (Å²) in [6.07, 6.45) is 0.442. The molecule has 0 atom stereocenters. The molecule has 1 heterocycles. The lowest BCUT2D eigenvalue weighted by Crippen LogP contribution is -2.22. The zero-order valence-electron chi connectivity index (χ0n) is 11.9. The first-order chi connectivity index (χ1) is 10.8. The van der Waals surface area contributed by atoms with E-state index in [1.807, 2.05) is 0 Å². The van der Waals surface area contributed by atoms with Crippen LogP contribution in [0, 0.1) is 0 Å². The van der Waals surface area contributed by atoms with Crippen molar-refractivity contribution in [1.82, 2.24) is 9.55 Å². The summed E-state index contributed by atoms with van der Waals surface area (Å²) in [5.41, 5.74) is 0.781. The van der Waals surface area contributed by atoms with Gasteiger partial charge in [-0.15, -0.1) is 0 Å². The van der Waals surface area contributed by atoms with Gasteiger partial charge in [0.2, 0.25) is 5.91 Å². The van der Waals surface area contributed by atoms with Gasteiger partial charge in [0.1, 0.15) is 6.54 Å². The molecule has 1 aromatic heterocycles. The first-order valence-electron chi connectivity index (χ1n) is 6.56. The Hall–Kier alpha value is -1.57. The molecule has 0 saturated heterocycles. The lowest BCUT2D eigenvalue weighted by Gasteiger charge is -2.10. The number of carboxylic acid groups (broad SMARTS) is 1. The Labute approximate surface area is 150 Å².